The Hall–Kier alpha value is -2.36. The largest absolute Gasteiger partial charge is 0.454 e. The van der Waals surface area contributed by atoms with Crippen LogP contribution in [0.1, 0.15) is 32.2 Å². The van der Waals surface area contributed by atoms with E-state index in [4.69, 9.17) is 10.2 Å². The highest BCUT2D eigenvalue weighted by Gasteiger charge is 2.20. The van der Waals surface area contributed by atoms with Gasteiger partial charge in [-0.1, -0.05) is 32.4 Å². The predicted octanol–water partition coefficient (Wildman–Crippen LogP) is 4.08. The minimum Gasteiger partial charge on any atom is -0.454 e. The van der Waals surface area contributed by atoms with Crippen LogP contribution < -0.4 is 5.73 Å². The minimum atomic E-state index is -0.160. The van der Waals surface area contributed by atoms with Gasteiger partial charge >= 0.3 is 0 Å². The van der Waals surface area contributed by atoms with Gasteiger partial charge in [-0.3, -0.25) is 0 Å². The van der Waals surface area contributed by atoms with Crippen LogP contribution in [0.15, 0.2) is 34.7 Å². The summed E-state index contributed by atoms with van der Waals surface area (Å²) < 4.78 is 5.89. The van der Waals surface area contributed by atoms with Crippen LogP contribution in [-0.4, -0.2) is 9.97 Å². The van der Waals surface area contributed by atoms with E-state index in [0.29, 0.717) is 11.6 Å². The van der Waals surface area contributed by atoms with Crippen LogP contribution in [0.4, 0.5) is 5.82 Å². The van der Waals surface area contributed by atoms with E-state index in [-0.39, 0.29) is 5.41 Å². The number of rotatable bonds is 1. The maximum atomic E-state index is 5.92. The van der Waals surface area contributed by atoms with E-state index in [1.807, 2.05) is 18.2 Å². The summed E-state index contributed by atoms with van der Waals surface area (Å²) in [6, 6.07) is 9.85. The highest BCUT2D eigenvalue weighted by atomic mass is 16.3. The second kappa shape index (κ2) is 4.58. The molecule has 0 amide bonds. The molecule has 0 radical (unpaired) electrons. The van der Waals surface area contributed by atoms with Crippen molar-refractivity contribution in [1.82, 2.24) is 9.97 Å². The first kappa shape index (κ1) is 13.6. The standard InChI is InChI=1S/C17H19N3O/c1-10-5-6-13-11(7-10)8-14(21-13)12-9-15(18)20-16(19-12)17(2,3)4/h5-9H,1-4H3,(H2,18,19,20). The fourth-order valence-corrected chi connectivity index (χ4v) is 2.22. The number of aromatic nitrogens is 2. The average Bonchev–Trinajstić information content (AvgIpc) is 2.80. The number of fused-ring (bicyclic) bond motifs is 1. The number of nitrogen functional groups attached to an aromatic ring is 1. The summed E-state index contributed by atoms with van der Waals surface area (Å²) in [5.41, 5.74) is 8.54. The first-order chi connectivity index (χ1) is 9.83. The molecule has 2 heterocycles. The Labute approximate surface area is 124 Å². The Morgan fingerprint density at radius 3 is 2.52 bits per heavy atom. The van der Waals surface area contributed by atoms with E-state index in [2.05, 4.69) is 43.7 Å². The van der Waals surface area contributed by atoms with Crippen molar-refractivity contribution in [3.05, 3.63) is 41.7 Å². The summed E-state index contributed by atoms with van der Waals surface area (Å²) in [6.45, 7) is 8.25. The normalized spacial score (nSPS) is 12.0. The molecule has 0 spiro atoms. The molecule has 2 aromatic heterocycles. The van der Waals surface area contributed by atoms with Gasteiger partial charge < -0.3 is 10.2 Å². The Kier molecular flexibility index (Phi) is 2.97. The molecular weight excluding hydrogens is 262 g/mol. The molecule has 108 valence electrons. The van der Waals surface area contributed by atoms with Crippen LogP contribution in [0.2, 0.25) is 0 Å². The Balaban J connectivity index is 2.16. The van der Waals surface area contributed by atoms with E-state index in [0.717, 1.165) is 22.4 Å². The number of hydrogen-bond acceptors (Lipinski definition) is 4. The Morgan fingerprint density at radius 2 is 1.81 bits per heavy atom. The molecule has 0 aliphatic rings. The lowest BCUT2D eigenvalue weighted by Crippen LogP contribution is -2.17. The van der Waals surface area contributed by atoms with Crippen LogP contribution in [0.25, 0.3) is 22.4 Å². The lowest BCUT2D eigenvalue weighted by atomic mass is 9.95. The summed E-state index contributed by atoms with van der Waals surface area (Å²) >= 11 is 0. The van der Waals surface area contributed by atoms with Gasteiger partial charge in [0.1, 0.15) is 22.9 Å². The summed E-state index contributed by atoms with van der Waals surface area (Å²) in [5, 5.41) is 1.07. The number of furan rings is 1. The molecule has 4 heteroatoms. The number of aryl methyl sites for hydroxylation is 1. The third kappa shape index (κ3) is 2.61. The molecule has 1 aromatic carbocycles. The lowest BCUT2D eigenvalue weighted by molar-refractivity contribution is 0.544. The van der Waals surface area contributed by atoms with Crippen molar-refractivity contribution in [3.63, 3.8) is 0 Å². The maximum absolute atomic E-state index is 5.92. The monoisotopic (exact) mass is 281 g/mol. The fourth-order valence-electron chi connectivity index (χ4n) is 2.22. The van der Waals surface area contributed by atoms with Gasteiger partial charge in [-0.15, -0.1) is 0 Å². The van der Waals surface area contributed by atoms with Crippen molar-refractivity contribution in [1.29, 1.82) is 0 Å². The zero-order chi connectivity index (χ0) is 15.2. The SMILES string of the molecule is Cc1ccc2oc(-c3cc(N)nc(C(C)(C)C)n3)cc2c1. The van der Waals surface area contributed by atoms with Crippen molar-refractivity contribution < 1.29 is 4.42 Å². The molecule has 0 fully saturated rings. The van der Waals surface area contributed by atoms with Gasteiger partial charge in [-0.05, 0) is 25.1 Å². The molecule has 0 aliphatic carbocycles. The molecule has 0 unspecified atom stereocenters. The van der Waals surface area contributed by atoms with Gasteiger partial charge in [0.15, 0.2) is 5.76 Å². The van der Waals surface area contributed by atoms with Crippen molar-refractivity contribution in [2.45, 2.75) is 33.1 Å². The molecule has 0 bridgehead atoms. The van der Waals surface area contributed by atoms with E-state index in [9.17, 15) is 0 Å². The Morgan fingerprint density at radius 1 is 1.05 bits per heavy atom. The number of nitrogens with zero attached hydrogens (tertiary/aromatic N) is 2. The number of nitrogens with two attached hydrogens (primary N) is 1. The number of hydrogen-bond donors (Lipinski definition) is 1. The van der Waals surface area contributed by atoms with Crippen molar-refractivity contribution in [2.24, 2.45) is 0 Å². The third-order valence-electron chi connectivity index (χ3n) is 3.34. The molecule has 3 rings (SSSR count). The number of benzene rings is 1. The van der Waals surface area contributed by atoms with Crippen molar-refractivity contribution >= 4 is 16.8 Å². The number of anilines is 1. The van der Waals surface area contributed by atoms with E-state index in [1.165, 1.54) is 5.56 Å². The van der Waals surface area contributed by atoms with Gasteiger partial charge in [0, 0.05) is 16.9 Å². The van der Waals surface area contributed by atoms with Crippen LogP contribution >= 0.6 is 0 Å². The molecule has 0 aliphatic heterocycles. The zero-order valence-electron chi connectivity index (χ0n) is 12.8. The zero-order valence-corrected chi connectivity index (χ0v) is 12.8. The summed E-state index contributed by atoms with van der Waals surface area (Å²) in [5.74, 6) is 1.89. The minimum absolute atomic E-state index is 0.160. The van der Waals surface area contributed by atoms with Gasteiger partial charge in [0.05, 0.1) is 0 Å². The first-order valence-electron chi connectivity index (χ1n) is 6.98. The van der Waals surface area contributed by atoms with Gasteiger partial charge in [-0.2, -0.15) is 0 Å². The topological polar surface area (TPSA) is 64.9 Å². The fraction of sp³-hybridized carbons (Fsp3) is 0.294. The van der Waals surface area contributed by atoms with E-state index < -0.39 is 0 Å². The molecule has 2 N–H and O–H groups in total. The maximum Gasteiger partial charge on any atom is 0.154 e. The van der Waals surface area contributed by atoms with Crippen LogP contribution in [0.3, 0.4) is 0 Å². The molecule has 4 nitrogen and oxygen atoms in total. The van der Waals surface area contributed by atoms with Crippen LogP contribution in [-0.2, 0) is 5.41 Å². The second-order valence-electron chi connectivity index (χ2n) is 6.40. The Bertz CT molecular complexity index is 813. The molecule has 0 atom stereocenters. The van der Waals surface area contributed by atoms with Crippen molar-refractivity contribution in [2.75, 3.05) is 5.73 Å². The first-order valence-corrected chi connectivity index (χ1v) is 6.98. The van der Waals surface area contributed by atoms with Crippen molar-refractivity contribution in [3.8, 4) is 11.5 Å². The van der Waals surface area contributed by atoms with Gasteiger partial charge in [-0.25, -0.2) is 9.97 Å². The molecule has 21 heavy (non-hydrogen) atoms. The van der Waals surface area contributed by atoms with Crippen LogP contribution in [0.5, 0.6) is 0 Å². The summed E-state index contributed by atoms with van der Waals surface area (Å²) in [4.78, 5) is 8.93. The highest BCUT2D eigenvalue weighted by molar-refractivity contribution is 5.83. The third-order valence-corrected chi connectivity index (χ3v) is 3.34. The lowest BCUT2D eigenvalue weighted by Gasteiger charge is -2.17. The molecule has 0 saturated carbocycles. The highest BCUT2D eigenvalue weighted by Crippen LogP contribution is 2.29. The van der Waals surface area contributed by atoms with Gasteiger partial charge in [0.2, 0.25) is 0 Å². The predicted molar refractivity (Wildman–Crippen MR) is 85.1 cm³/mol. The molecule has 3 aromatic rings. The quantitative estimate of drug-likeness (QED) is 0.730. The molecular formula is C17H19N3O. The average molecular weight is 281 g/mol. The summed E-state index contributed by atoms with van der Waals surface area (Å²) in [6.07, 6.45) is 0. The smallest absolute Gasteiger partial charge is 0.154 e. The summed E-state index contributed by atoms with van der Waals surface area (Å²) in [7, 11) is 0. The van der Waals surface area contributed by atoms with E-state index >= 15 is 0 Å². The second-order valence-corrected chi connectivity index (χ2v) is 6.40. The van der Waals surface area contributed by atoms with Crippen LogP contribution in [0, 0.1) is 6.92 Å². The van der Waals surface area contributed by atoms with Gasteiger partial charge in [0.25, 0.3) is 0 Å². The van der Waals surface area contributed by atoms with E-state index in [1.54, 1.807) is 6.07 Å². The molecule has 0 saturated heterocycles.